The summed E-state index contributed by atoms with van der Waals surface area (Å²) in [5.41, 5.74) is 2.78. The molecule has 0 radical (unpaired) electrons. The van der Waals surface area contributed by atoms with Crippen LogP contribution in [0.2, 0.25) is 5.02 Å². The summed E-state index contributed by atoms with van der Waals surface area (Å²) in [6.45, 7) is 2.43. The van der Waals surface area contributed by atoms with E-state index in [0.717, 1.165) is 62.6 Å². The molecule has 0 saturated heterocycles. The Balaban J connectivity index is 1.19. The number of anilines is 1. The average Bonchev–Trinajstić information content (AvgIpc) is 3.02. The lowest BCUT2D eigenvalue weighted by atomic mass is 10.1. The average molecular weight is 455 g/mol. The van der Waals surface area contributed by atoms with E-state index < -0.39 is 0 Å². The number of amides is 3. The molecule has 0 atom stereocenters. The highest BCUT2D eigenvalue weighted by molar-refractivity contribution is 6.31. The molecule has 2 aromatic carbocycles. The fraction of sp³-hybridized carbons (Fsp3) is 0.423. The molecule has 1 aliphatic rings. The first kappa shape index (κ1) is 24.0. The van der Waals surface area contributed by atoms with Crippen molar-refractivity contribution in [3.8, 4) is 0 Å². The van der Waals surface area contributed by atoms with Crippen LogP contribution in [0, 0.1) is 6.92 Å². The van der Waals surface area contributed by atoms with Crippen LogP contribution < -0.4 is 5.32 Å². The van der Waals surface area contributed by atoms with Gasteiger partial charge in [0.15, 0.2) is 0 Å². The maximum absolute atomic E-state index is 12.3. The summed E-state index contributed by atoms with van der Waals surface area (Å²) in [5.74, 6) is -0.307. The number of aryl methyl sites for hydroxylation is 1. The van der Waals surface area contributed by atoms with E-state index in [1.807, 2.05) is 19.1 Å². The van der Waals surface area contributed by atoms with Crippen molar-refractivity contribution in [1.29, 1.82) is 0 Å². The van der Waals surface area contributed by atoms with Crippen LogP contribution in [0.3, 0.4) is 0 Å². The van der Waals surface area contributed by atoms with Gasteiger partial charge in [-0.25, -0.2) is 0 Å². The van der Waals surface area contributed by atoms with Crippen molar-refractivity contribution in [2.45, 2.75) is 64.7 Å². The van der Waals surface area contributed by atoms with Crippen molar-refractivity contribution in [2.75, 3.05) is 11.9 Å². The highest BCUT2D eigenvalue weighted by atomic mass is 35.5. The van der Waals surface area contributed by atoms with Gasteiger partial charge in [0, 0.05) is 23.7 Å². The van der Waals surface area contributed by atoms with Gasteiger partial charge in [-0.3, -0.25) is 19.3 Å². The number of halogens is 1. The molecule has 5 nitrogen and oxygen atoms in total. The van der Waals surface area contributed by atoms with Crippen LogP contribution in [-0.2, 0) is 4.79 Å². The molecule has 1 N–H and O–H groups in total. The number of nitrogens with zero attached hydrogens (tertiary/aromatic N) is 1. The van der Waals surface area contributed by atoms with Gasteiger partial charge < -0.3 is 5.32 Å². The number of hydrogen-bond donors (Lipinski definition) is 1. The minimum absolute atomic E-state index is 0.0260. The third-order valence-electron chi connectivity index (χ3n) is 5.87. The van der Waals surface area contributed by atoms with Gasteiger partial charge in [0.25, 0.3) is 11.8 Å². The largest absolute Gasteiger partial charge is 0.326 e. The molecule has 1 aliphatic heterocycles. The van der Waals surface area contributed by atoms with E-state index in [1.165, 1.54) is 4.90 Å². The summed E-state index contributed by atoms with van der Waals surface area (Å²) in [6, 6.07) is 12.6. The van der Waals surface area contributed by atoms with Gasteiger partial charge in [-0.1, -0.05) is 68.3 Å². The van der Waals surface area contributed by atoms with Crippen molar-refractivity contribution >= 4 is 35.0 Å². The second kappa shape index (κ2) is 11.8. The first-order valence-electron chi connectivity index (χ1n) is 11.5. The summed E-state index contributed by atoms with van der Waals surface area (Å²) in [7, 11) is 0. The van der Waals surface area contributed by atoms with Crippen LogP contribution in [0.15, 0.2) is 42.5 Å². The maximum atomic E-state index is 12.3. The van der Waals surface area contributed by atoms with Crippen molar-refractivity contribution < 1.29 is 14.4 Å². The van der Waals surface area contributed by atoms with E-state index >= 15 is 0 Å². The van der Waals surface area contributed by atoms with Crippen molar-refractivity contribution in [3.05, 3.63) is 64.2 Å². The van der Waals surface area contributed by atoms with Gasteiger partial charge in [-0.05, 0) is 49.6 Å². The molecule has 170 valence electrons. The maximum Gasteiger partial charge on any atom is 0.261 e. The zero-order valence-electron chi connectivity index (χ0n) is 18.7. The second-order valence-corrected chi connectivity index (χ2v) is 8.81. The molecule has 0 aromatic heterocycles. The zero-order chi connectivity index (χ0) is 22.9. The third kappa shape index (κ3) is 6.42. The Morgan fingerprint density at radius 1 is 0.844 bits per heavy atom. The summed E-state index contributed by atoms with van der Waals surface area (Å²) >= 11 is 6.09. The minimum Gasteiger partial charge on any atom is -0.326 e. The van der Waals surface area contributed by atoms with Crippen molar-refractivity contribution in [1.82, 2.24) is 4.90 Å². The van der Waals surface area contributed by atoms with Gasteiger partial charge in [0.1, 0.15) is 0 Å². The predicted molar refractivity (Wildman–Crippen MR) is 128 cm³/mol. The number of unbranched alkanes of at least 4 members (excludes halogenated alkanes) is 7. The first-order valence-corrected chi connectivity index (χ1v) is 11.9. The second-order valence-electron chi connectivity index (χ2n) is 8.40. The first-order chi connectivity index (χ1) is 15.5. The number of carbonyl (C=O) groups is 3. The predicted octanol–water partition coefficient (Wildman–Crippen LogP) is 6.39. The quantitative estimate of drug-likeness (QED) is 0.298. The van der Waals surface area contributed by atoms with Gasteiger partial charge in [-0.2, -0.15) is 0 Å². The summed E-state index contributed by atoms with van der Waals surface area (Å²) in [4.78, 5) is 38.1. The van der Waals surface area contributed by atoms with Crippen LogP contribution in [0.4, 0.5) is 5.69 Å². The van der Waals surface area contributed by atoms with Crippen LogP contribution in [-0.4, -0.2) is 29.2 Å². The topological polar surface area (TPSA) is 66.5 Å². The Kier molecular flexibility index (Phi) is 8.86. The number of hydrogen-bond acceptors (Lipinski definition) is 3. The van der Waals surface area contributed by atoms with E-state index in [0.29, 0.717) is 29.1 Å². The molecular weight excluding hydrogens is 424 g/mol. The molecule has 0 unspecified atom stereocenters. The Morgan fingerprint density at radius 2 is 1.41 bits per heavy atom. The Labute approximate surface area is 195 Å². The lowest BCUT2D eigenvalue weighted by molar-refractivity contribution is -0.116. The molecule has 0 bridgehead atoms. The normalized spacial score (nSPS) is 12.9. The van der Waals surface area contributed by atoms with Gasteiger partial charge in [0.2, 0.25) is 5.91 Å². The van der Waals surface area contributed by atoms with Crippen molar-refractivity contribution in [3.63, 3.8) is 0 Å². The monoisotopic (exact) mass is 454 g/mol. The van der Waals surface area contributed by atoms with Crippen LogP contribution >= 0.6 is 11.6 Å². The van der Waals surface area contributed by atoms with E-state index in [2.05, 4.69) is 5.32 Å². The van der Waals surface area contributed by atoms with E-state index in [9.17, 15) is 14.4 Å². The van der Waals surface area contributed by atoms with Gasteiger partial charge in [0.05, 0.1) is 11.1 Å². The van der Waals surface area contributed by atoms with Crippen molar-refractivity contribution in [2.24, 2.45) is 0 Å². The molecule has 2 aromatic rings. The Bertz CT molecular complexity index is 938. The minimum atomic E-state index is -0.167. The lowest BCUT2D eigenvalue weighted by Crippen LogP contribution is -2.30. The number of nitrogens with one attached hydrogen (secondary N) is 1. The molecule has 0 saturated carbocycles. The number of benzene rings is 2. The molecule has 3 rings (SSSR count). The van der Waals surface area contributed by atoms with Gasteiger partial charge in [-0.15, -0.1) is 0 Å². The molecule has 32 heavy (non-hydrogen) atoms. The third-order valence-corrected chi connectivity index (χ3v) is 6.28. The standard InChI is InChI=1S/C26H31ClN2O3/c1-19-15-16-20(18-23(19)27)28-24(30)14-8-6-4-2-3-5-7-11-17-29-25(31)21-12-9-10-13-22(21)26(29)32/h9-10,12-13,15-16,18H,2-8,11,14,17H2,1H3,(H,28,30). The van der Waals surface area contributed by atoms with Crippen LogP contribution in [0.5, 0.6) is 0 Å². The SMILES string of the molecule is Cc1ccc(NC(=O)CCCCCCCCCCN2C(=O)c3ccccc3C2=O)cc1Cl. The highest BCUT2D eigenvalue weighted by Crippen LogP contribution is 2.23. The molecule has 0 fully saturated rings. The molecule has 3 amide bonds. The number of fused-ring (bicyclic) bond motifs is 1. The van der Waals surface area contributed by atoms with E-state index in [4.69, 9.17) is 11.6 Å². The van der Waals surface area contributed by atoms with Crippen LogP contribution in [0.25, 0.3) is 0 Å². The Hall–Kier alpha value is -2.66. The molecule has 6 heteroatoms. The number of rotatable bonds is 12. The molecule has 1 heterocycles. The summed E-state index contributed by atoms with van der Waals surface area (Å²) in [5, 5.41) is 3.55. The fourth-order valence-corrected chi connectivity index (χ4v) is 4.13. The fourth-order valence-electron chi connectivity index (χ4n) is 3.95. The summed E-state index contributed by atoms with van der Waals surface area (Å²) < 4.78 is 0. The Morgan fingerprint density at radius 3 is 2.00 bits per heavy atom. The number of carbonyl (C=O) groups excluding carboxylic acids is 3. The zero-order valence-corrected chi connectivity index (χ0v) is 19.4. The number of imide groups is 1. The van der Waals surface area contributed by atoms with E-state index in [-0.39, 0.29) is 17.7 Å². The molecular formula is C26H31ClN2O3. The van der Waals surface area contributed by atoms with Gasteiger partial charge >= 0.3 is 0 Å². The molecule has 0 aliphatic carbocycles. The lowest BCUT2D eigenvalue weighted by Gasteiger charge is -2.13. The highest BCUT2D eigenvalue weighted by Gasteiger charge is 2.34. The molecule has 0 spiro atoms. The summed E-state index contributed by atoms with van der Waals surface area (Å²) in [6.07, 6.45) is 8.77. The smallest absolute Gasteiger partial charge is 0.261 e. The van der Waals surface area contributed by atoms with Crippen LogP contribution in [0.1, 0.15) is 84.1 Å². The van der Waals surface area contributed by atoms with E-state index in [1.54, 1.807) is 30.3 Å².